The summed E-state index contributed by atoms with van der Waals surface area (Å²) in [5.41, 5.74) is 6.73. The van der Waals surface area contributed by atoms with Gasteiger partial charge in [0.05, 0.1) is 17.3 Å². The van der Waals surface area contributed by atoms with Crippen LogP contribution in [-0.4, -0.2) is 44.4 Å². The molecule has 1 aliphatic rings. The van der Waals surface area contributed by atoms with Crippen molar-refractivity contribution in [3.63, 3.8) is 0 Å². The van der Waals surface area contributed by atoms with Gasteiger partial charge in [0.25, 0.3) is 5.91 Å². The van der Waals surface area contributed by atoms with Crippen LogP contribution in [0.4, 0.5) is 4.79 Å². The number of amides is 2. The molecular formula is C27H30N4O4. The highest BCUT2D eigenvalue weighted by atomic mass is 16.6. The van der Waals surface area contributed by atoms with Gasteiger partial charge in [-0.1, -0.05) is 54.6 Å². The summed E-state index contributed by atoms with van der Waals surface area (Å²) in [6.07, 6.45) is 0.466. The first-order chi connectivity index (χ1) is 16.6. The van der Waals surface area contributed by atoms with Crippen molar-refractivity contribution in [2.75, 3.05) is 6.54 Å². The summed E-state index contributed by atoms with van der Waals surface area (Å²) in [7, 11) is 0. The predicted molar refractivity (Wildman–Crippen MR) is 131 cm³/mol. The van der Waals surface area contributed by atoms with Gasteiger partial charge in [-0.05, 0) is 44.0 Å². The van der Waals surface area contributed by atoms with Gasteiger partial charge in [0, 0.05) is 24.9 Å². The summed E-state index contributed by atoms with van der Waals surface area (Å²) in [6.45, 7) is 5.91. The van der Waals surface area contributed by atoms with Crippen molar-refractivity contribution >= 4 is 12.0 Å². The zero-order valence-electron chi connectivity index (χ0n) is 20.1. The Balaban J connectivity index is 1.51. The van der Waals surface area contributed by atoms with E-state index in [-0.39, 0.29) is 11.7 Å². The van der Waals surface area contributed by atoms with Gasteiger partial charge in [-0.15, -0.1) is 10.2 Å². The average molecular weight is 475 g/mol. The number of benzene rings is 2. The minimum Gasteiger partial charge on any atom is -0.438 e. The number of aliphatic hydroxyl groups is 1. The molecule has 0 aliphatic carbocycles. The fraction of sp³-hybridized carbons (Fsp3) is 0.333. The first kappa shape index (κ1) is 24.3. The molecule has 2 amide bonds. The van der Waals surface area contributed by atoms with Gasteiger partial charge in [0.1, 0.15) is 5.60 Å². The molecule has 4 rings (SSSR count). The van der Waals surface area contributed by atoms with Gasteiger partial charge < -0.3 is 20.5 Å². The Hall–Kier alpha value is -3.78. The van der Waals surface area contributed by atoms with Crippen LogP contribution in [0.5, 0.6) is 0 Å². The van der Waals surface area contributed by atoms with Gasteiger partial charge in [0.15, 0.2) is 5.69 Å². The topological polar surface area (TPSA) is 119 Å². The molecule has 182 valence electrons. The van der Waals surface area contributed by atoms with Crippen molar-refractivity contribution in [3.05, 3.63) is 83.6 Å². The lowest BCUT2D eigenvalue weighted by molar-refractivity contribution is -0.101. The van der Waals surface area contributed by atoms with Crippen LogP contribution in [0.25, 0.3) is 11.3 Å². The van der Waals surface area contributed by atoms with Gasteiger partial charge in [-0.25, -0.2) is 4.79 Å². The Morgan fingerprint density at radius 2 is 1.80 bits per heavy atom. The molecule has 2 aromatic carbocycles. The smallest absolute Gasteiger partial charge is 0.411 e. The van der Waals surface area contributed by atoms with Gasteiger partial charge >= 0.3 is 6.09 Å². The molecule has 2 heterocycles. The van der Waals surface area contributed by atoms with Crippen molar-refractivity contribution in [1.82, 2.24) is 15.1 Å². The molecule has 1 saturated heterocycles. The number of hydrogen-bond donors (Lipinski definition) is 2. The van der Waals surface area contributed by atoms with E-state index in [0.29, 0.717) is 25.1 Å². The molecular weight excluding hydrogens is 444 g/mol. The molecule has 3 aromatic rings. The average Bonchev–Trinajstić information content (AvgIpc) is 2.83. The van der Waals surface area contributed by atoms with E-state index in [4.69, 9.17) is 10.5 Å². The van der Waals surface area contributed by atoms with Gasteiger partial charge in [-0.3, -0.25) is 4.79 Å². The van der Waals surface area contributed by atoms with Crippen molar-refractivity contribution in [2.24, 2.45) is 5.73 Å². The number of rotatable bonds is 7. The molecule has 0 bridgehead atoms. The normalized spacial score (nSPS) is 19.2. The van der Waals surface area contributed by atoms with E-state index in [1.54, 1.807) is 24.8 Å². The second-order valence-corrected chi connectivity index (χ2v) is 9.63. The van der Waals surface area contributed by atoms with Crippen LogP contribution in [-0.2, 0) is 10.3 Å². The highest BCUT2D eigenvalue weighted by Crippen LogP contribution is 2.42. The van der Waals surface area contributed by atoms with E-state index in [1.165, 1.54) is 6.07 Å². The fourth-order valence-corrected chi connectivity index (χ4v) is 4.62. The molecule has 0 saturated carbocycles. The molecule has 35 heavy (non-hydrogen) atoms. The van der Waals surface area contributed by atoms with Gasteiger partial charge in [0.2, 0.25) is 0 Å². The van der Waals surface area contributed by atoms with Crippen molar-refractivity contribution in [3.8, 4) is 11.3 Å². The number of carbonyl (C=O) groups is 2. The lowest BCUT2D eigenvalue weighted by Crippen LogP contribution is -2.51. The minimum atomic E-state index is -1.00. The lowest BCUT2D eigenvalue weighted by atomic mass is 9.80. The van der Waals surface area contributed by atoms with E-state index in [1.807, 2.05) is 61.5 Å². The lowest BCUT2D eigenvalue weighted by Gasteiger charge is -2.45. The number of cyclic esters (lactones) is 1. The summed E-state index contributed by atoms with van der Waals surface area (Å²) >= 11 is 0. The number of aromatic nitrogens is 2. The fourth-order valence-electron chi connectivity index (χ4n) is 4.62. The monoisotopic (exact) mass is 474 g/mol. The maximum Gasteiger partial charge on any atom is 0.411 e. The zero-order chi connectivity index (χ0) is 25.2. The highest BCUT2D eigenvalue weighted by molar-refractivity contribution is 5.90. The SMILES string of the molecule is C[C@@H](c1ccc(-c2ccc(C(N)=O)nn2)cc1)N1CCC(CC(C)(C)O)(c2ccccc2)OC1=O. The Bertz CT molecular complexity index is 1190. The molecule has 1 unspecified atom stereocenters. The summed E-state index contributed by atoms with van der Waals surface area (Å²) in [4.78, 5) is 26.1. The van der Waals surface area contributed by atoms with Crippen LogP contribution in [0.1, 0.15) is 61.3 Å². The Kier molecular flexibility index (Phi) is 6.58. The maximum absolute atomic E-state index is 13.2. The van der Waals surface area contributed by atoms with Crippen LogP contribution in [0.3, 0.4) is 0 Å². The van der Waals surface area contributed by atoms with Crippen molar-refractivity contribution < 1.29 is 19.4 Å². The van der Waals surface area contributed by atoms with E-state index in [9.17, 15) is 14.7 Å². The predicted octanol–water partition coefficient (Wildman–Crippen LogP) is 4.20. The summed E-state index contributed by atoms with van der Waals surface area (Å²) in [5.74, 6) is -0.625. The zero-order valence-corrected chi connectivity index (χ0v) is 20.1. The van der Waals surface area contributed by atoms with Crippen LogP contribution in [0.2, 0.25) is 0 Å². The Morgan fingerprint density at radius 1 is 1.11 bits per heavy atom. The van der Waals surface area contributed by atoms with E-state index in [0.717, 1.165) is 16.7 Å². The second kappa shape index (κ2) is 9.46. The number of primary amides is 1. The van der Waals surface area contributed by atoms with Crippen LogP contribution >= 0.6 is 0 Å². The molecule has 8 heteroatoms. The number of hydrogen-bond acceptors (Lipinski definition) is 6. The second-order valence-electron chi connectivity index (χ2n) is 9.63. The number of ether oxygens (including phenoxy) is 1. The molecule has 0 radical (unpaired) electrons. The van der Waals surface area contributed by atoms with Crippen LogP contribution in [0.15, 0.2) is 66.7 Å². The summed E-state index contributed by atoms with van der Waals surface area (Å²) in [5, 5.41) is 18.5. The van der Waals surface area contributed by atoms with E-state index < -0.39 is 23.2 Å². The summed E-state index contributed by atoms with van der Waals surface area (Å²) in [6, 6.07) is 20.3. The van der Waals surface area contributed by atoms with E-state index in [2.05, 4.69) is 10.2 Å². The molecule has 8 nitrogen and oxygen atoms in total. The standard InChI is InChI=1S/C27H30N4O4/c1-18(19-9-11-20(12-10-19)22-13-14-23(24(28)32)30-29-22)31-16-15-27(35-25(31)33,17-26(2,3)34)21-7-5-4-6-8-21/h4-14,18,34H,15-17H2,1-3H3,(H2,28,32)/t18-,27?/m0/s1. The molecule has 2 atom stereocenters. The van der Waals surface area contributed by atoms with Crippen molar-refractivity contribution in [1.29, 1.82) is 0 Å². The third-order valence-electron chi connectivity index (χ3n) is 6.37. The summed E-state index contributed by atoms with van der Waals surface area (Å²) < 4.78 is 6.09. The van der Waals surface area contributed by atoms with E-state index >= 15 is 0 Å². The first-order valence-electron chi connectivity index (χ1n) is 11.6. The minimum absolute atomic E-state index is 0.110. The molecule has 1 fully saturated rings. The van der Waals surface area contributed by atoms with Gasteiger partial charge in [-0.2, -0.15) is 0 Å². The maximum atomic E-state index is 13.2. The Labute approximate surface area is 204 Å². The Morgan fingerprint density at radius 3 is 2.34 bits per heavy atom. The molecule has 3 N–H and O–H groups in total. The molecule has 0 spiro atoms. The molecule has 1 aromatic heterocycles. The molecule has 1 aliphatic heterocycles. The number of nitrogens with zero attached hydrogens (tertiary/aromatic N) is 3. The number of carbonyl (C=O) groups excluding carboxylic acids is 2. The third kappa shape index (κ3) is 5.33. The number of nitrogens with two attached hydrogens (primary N) is 1. The quantitative estimate of drug-likeness (QED) is 0.530. The van der Waals surface area contributed by atoms with Crippen molar-refractivity contribution in [2.45, 2.75) is 50.9 Å². The highest BCUT2D eigenvalue weighted by Gasteiger charge is 2.46. The largest absolute Gasteiger partial charge is 0.438 e. The first-order valence-corrected chi connectivity index (χ1v) is 11.6. The van der Waals surface area contributed by atoms with Crippen LogP contribution in [0, 0.1) is 0 Å². The van der Waals surface area contributed by atoms with Crippen LogP contribution < -0.4 is 5.73 Å². The third-order valence-corrected chi connectivity index (χ3v) is 6.37.